The number of carbonyl (C=O) groups is 1. The summed E-state index contributed by atoms with van der Waals surface area (Å²) in [5.74, 6) is 1.34. The first kappa shape index (κ1) is 16.6. The topological polar surface area (TPSA) is 69.2 Å². The lowest BCUT2D eigenvalue weighted by molar-refractivity contribution is -0.123. The molecule has 0 atom stereocenters. The first-order chi connectivity index (χ1) is 11.6. The molecule has 1 heterocycles. The summed E-state index contributed by atoms with van der Waals surface area (Å²) in [6.07, 6.45) is 1.50. The number of hydrogen-bond acceptors (Lipinski definition) is 5. The van der Waals surface area contributed by atoms with Crippen LogP contribution in [-0.2, 0) is 4.79 Å². The molecule has 124 valence electrons. The lowest BCUT2D eigenvalue weighted by Crippen LogP contribution is -2.24. The van der Waals surface area contributed by atoms with Crippen molar-refractivity contribution < 1.29 is 19.0 Å². The van der Waals surface area contributed by atoms with Crippen LogP contribution in [0.15, 0.2) is 46.0 Å². The molecule has 0 aromatic heterocycles. The van der Waals surface area contributed by atoms with Crippen LogP contribution in [0.2, 0.25) is 5.02 Å². The van der Waals surface area contributed by atoms with Crippen molar-refractivity contribution in [3.63, 3.8) is 0 Å². The fraction of sp³-hybridized carbons (Fsp3) is 0.125. The number of carbonyl (C=O) groups excluding carboxylic acids is 1. The van der Waals surface area contributed by atoms with E-state index in [0.717, 1.165) is 10.0 Å². The molecule has 2 aromatic rings. The Hall–Kier alpha value is -2.25. The van der Waals surface area contributed by atoms with Gasteiger partial charge >= 0.3 is 0 Å². The molecule has 0 radical (unpaired) electrons. The lowest BCUT2D eigenvalue weighted by atomic mass is 10.2. The lowest BCUT2D eigenvalue weighted by Gasteiger charge is -2.06. The van der Waals surface area contributed by atoms with Crippen molar-refractivity contribution in [2.75, 3.05) is 13.4 Å². The van der Waals surface area contributed by atoms with E-state index < -0.39 is 5.91 Å². The molecule has 1 aliphatic heterocycles. The highest BCUT2D eigenvalue weighted by atomic mass is 79.9. The molecular weight excluding hydrogens is 400 g/mol. The van der Waals surface area contributed by atoms with Gasteiger partial charge in [0, 0.05) is 10.0 Å². The summed E-state index contributed by atoms with van der Waals surface area (Å²) in [6, 6.07) is 10.5. The van der Waals surface area contributed by atoms with Gasteiger partial charge in [-0.15, -0.1) is 0 Å². The Bertz CT molecular complexity index is 798. The zero-order valence-corrected chi connectivity index (χ0v) is 14.6. The first-order valence-corrected chi connectivity index (χ1v) is 8.09. The molecule has 1 N–H and O–H groups in total. The van der Waals surface area contributed by atoms with Gasteiger partial charge in [0.1, 0.15) is 5.75 Å². The van der Waals surface area contributed by atoms with E-state index in [-0.39, 0.29) is 13.4 Å². The summed E-state index contributed by atoms with van der Waals surface area (Å²) >= 11 is 9.35. The number of nitrogens with one attached hydrogen (secondary N) is 1. The van der Waals surface area contributed by atoms with E-state index >= 15 is 0 Å². The van der Waals surface area contributed by atoms with Gasteiger partial charge in [0.25, 0.3) is 5.91 Å². The molecule has 0 bridgehead atoms. The van der Waals surface area contributed by atoms with Crippen LogP contribution in [0.1, 0.15) is 5.56 Å². The van der Waals surface area contributed by atoms with Crippen molar-refractivity contribution in [2.24, 2.45) is 5.10 Å². The van der Waals surface area contributed by atoms with Crippen molar-refractivity contribution in [2.45, 2.75) is 0 Å². The maximum atomic E-state index is 11.7. The molecule has 8 heteroatoms. The second-order valence-electron chi connectivity index (χ2n) is 4.74. The summed E-state index contributed by atoms with van der Waals surface area (Å²) in [5.41, 5.74) is 3.13. The number of hydrogen-bond donors (Lipinski definition) is 1. The van der Waals surface area contributed by atoms with E-state index in [0.29, 0.717) is 22.3 Å². The average molecular weight is 412 g/mol. The smallest absolute Gasteiger partial charge is 0.277 e. The Balaban J connectivity index is 1.55. The molecular formula is C16H12BrClN2O4. The van der Waals surface area contributed by atoms with Crippen molar-refractivity contribution in [3.8, 4) is 17.2 Å². The number of nitrogens with zero attached hydrogens (tertiary/aromatic N) is 1. The maximum Gasteiger partial charge on any atom is 0.277 e. The van der Waals surface area contributed by atoms with Gasteiger partial charge in [0.05, 0.1) is 11.2 Å². The van der Waals surface area contributed by atoms with E-state index in [4.69, 9.17) is 25.8 Å². The van der Waals surface area contributed by atoms with Gasteiger partial charge in [-0.1, -0.05) is 23.7 Å². The second-order valence-corrected chi connectivity index (χ2v) is 6.00. The van der Waals surface area contributed by atoms with E-state index in [1.807, 2.05) is 0 Å². The maximum absolute atomic E-state index is 11.7. The van der Waals surface area contributed by atoms with E-state index in [2.05, 4.69) is 26.5 Å². The van der Waals surface area contributed by atoms with Gasteiger partial charge in [0.2, 0.25) is 6.79 Å². The second kappa shape index (κ2) is 7.55. The Labute approximate surface area is 151 Å². The quantitative estimate of drug-likeness (QED) is 0.605. The predicted molar refractivity (Wildman–Crippen MR) is 92.9 cm³/mol. The molecule has 0 aliphatic carbocycles. The summed E-state index contributed by atoms with van der Waals surface area (Å²) in [7, 11) is 0. The number of fused-ring (bicyclic) bond motifs is 1. The predicted octanol–water partition coefficient (Wildman–Crippen LogP) is 3.36. The third-order valence-electron chi connectivity index (χ3n) is 3.08. The summed E-state index contributed by atoms with van der Waals surface area (Å²) in [6.45, 7) is 0.00186. The highest BCUT2D eigenvalue weighted by Gasteiger charge is 2.15. The number of para-hydroxylation sites is 1. The Morgan fingerprint density at radius 3 is 2.88 bits per heavy atom. The third-order valence-corrected chi connectivity index (χ3v) is 4.08. The molecule has 0 spiro atoms. The minimum Gasteiger partial charge on any atom is -0.482 e. The third kappa shape index (κ3) is 3.98. The summed E-state index contributed by atoms with van der Waals surface area (Å²) in [4.78, 5) is 11.7. The standard InChI is InChI=1S/C16H12BrClN2O4/c17-11-6-15-14(23-9-24-15)5-10(11)7-19-20-16(21)8-22-13-4-2-1-3-12(13)18/h1-7H,8-9H2,(H,20,21)/b19-7+. The molecule has 24 heavy (non-hydrogen) atoms. The normalized spacial score (nSPS) is 12.4. The summed E-state index contributed by atoms with van der Waals surface area (Å²) in [5, 5.41) is 4.34. The Morgan fingerprint density at radius 1 is 1.33 bits per heavy atom. The van der Waals surface area contributed by atoms with Crippen molar-refractivity contribution in [1.29, 1.82) is 0 Å². The zero-order chi connectivity index (χ0) is 16.9. The summed E-state index contributed by atoms with van der Waals surface area (Å²) < 4.78 is 16.7. The van der Waals surface area contributed by atoms with Crippen LogP contribution in [0.25, 0.3) is 0 Å². The monoisotopic (exact) mass is 410 g/mol. The van der Waals surface area contributed by atoms with Crippen molar-refractivity contribution in [3.05, 3.63) is 51.5 Å². The van der Waals surface area contributed by atoms with Crippen molar-refractivity contribution in [1.82, 2.24) is 5.43 Å². The van der Waals surface area contributed by atoms with Gasteiger partial charge < -0.3 is 14.2 Å². The minimum absolute atomic E-state index is 0.191. The molecule has 0 saturated heterocycles. The van der Waals surface area contributed by atoms with Crippen LogP contribution in [-0.4, -0.2) is 25.5 Å². The van der Waals surface area contributed by atoms with E-state index in [1.165, 1.54) is 6.21 Å². The van der Waals surface area contributed by atoms with E-state index in [9.17, 15) is 4.79 Å². The van der Waals surface area contributed by atoms with Gasteiger partial charge in [-0.05, 0) is 40.2 Å². The molecule has 6 nitrogen and oxygen atoms in total. The highest BCUT2D eigenvalue weighted by molar-refractivity contribution is 9.10. The molecule has 2 aromatic carbocycles. The molecule has 3 rings (SSSR count). The SMILES string of the molecule is O=C(COc1ccccc1Cl)N/N=C/c1cc2c(cc1Br)OCO2. The van der Waals surface area contributed by atoms with Crippen LogP contribution in [0, 0.1) is 0 Å². The van der Waals surface area contributed by atoms with Gasteiger partial charge in [-0.25, -0.2) is 5.43 Å². The molecule has 0 unspecified atom stereocenters. The molecule has 0 fully saturated rings. The van der Waals surface area contributed by atoms with E-state index in [1.54, 1.807) is 36.4 Å². The first-order valence-electron chi connectivity index (χ1n) is 6.92. The number of hydrazone groups is 1. The molecule has 1 aliphatic rings. The largest absolute Gasteiger partial charge is 0.482 e. The number of amides is 1. The van der Waals surface area contributed by atoms with Gasteiger partial charge in [-0.3, -0.25) is 4.79 Å². The molecule has 0 saturated carbocycles. The van der Waals surface area contributed by atoms with Gasteiger partial charge in [0.15, 0.2) is 18.1 Å². The molecule has 1 amide bonds. The Morgan fingerprint density at radius 2 is 2.08 bits per heavy atom. The average Bonchev–Trinajstić information content (AvgIpc) is 3.01. The van der Waals surface area contributed by atoms with Crippen LogP contribution >= 0.6 is 27.5 Å². The number of rotatable bonds is 5. The van der Waals surface area contributed by atoms with Crippen LogP contribution in [0.3, 0.4) is 0 Å². The number of benzene rings is 2. The number of halogens is 2. The van der Waals surface area contributed by atoms with Crippen LogP contribution in [0.5, 0.6) is 17.2 Å². The zero-order valence-electron chi connectivity index (χ0n) is 12.3. The highest BCUT2D eigenvalue weighted by Crippen LogP contribution is 2.36. The minimum atomic E-state index is -0.400. The van der Waals surface area contributed by atoms with Crippen LogP contribution in [0.4, 0.5) is 0 Å². The fourth-order valence-corrected chi connectivity index (χ4v) is 2.56. The number of ether oxygens (including phenoxy) is 3. The van der Waals surface area contributed by atoms with Gasteiger partial charge in [-0.2, -0.15) is 5.10 Å². The Kier molecular flexibility index (Phi) is 5.22. The van der Waals surface area contributed by atoms with Crippen molar-refractivity contribution >= 4 is 39.7 Å². The fourth-order valence-electron chi connectivity index (χ4n) is 1.94. The van der Waals surface area contributed by atoms with Crippen LogP contribution < -0.4 is 19.6 Å².